The zero-order valence-corrected chi connectivity index (χ0v) is 13.5. The van der Waals surface area contributed by atoms with E-state index >= 15 is 0 Å². The van der Waals surface area contributed by atoms with Crippen molar-refractivity contribution in [1.82, 2.24) is 4.98 Å². The minimum Gasteiger partial charge on any atom is -0.345 e. The molecule has 1 heterocycles. The summed E-state index contributed by atoms with van der Waals surface area (Å²) >= 11 is 1.62. The van der Waals surface area contributed by atoms with Crippen LogP contribution in [-0.4, -0.2) is 12.0 Å². The first-order valence-electron chi connectivity index (χ1n) is 7.12. The van der Waals surface area contributed by atoms with Gasteiger partial charge in [-0.2, -0.15) is 0 Å². The first kappa shape index (κ1) is 15.3. The van der Waals surface area contributed by atoms with E-state index in [4.69, 9.17) is 0 Å². The maximum Gasteiger partial charge on any atom is 0.0811 e. The highest BCUT2D eigenvalue weighted by Gasteiger charge is 2.06. The monoisotopic (exact) mass is 296 g/mol. The number of thiazole rings is 1. The first-order chi connectivity index (χ1) is 10.3. The van der Waals surface area contributed by atoms with Crippen LogP contribution in [0.3, 0.4) is 0 Å². The number of anilines is 2. The minimum atomic E-state index is 1.04. The molecule has 0 spiro atoms. The lowest BCUT2D eigenvalue weighted by molar-refractivity contribution is 1.21. The van der Waals surface area contributed by atoms with Gasteiger partial charge in [-0.05, 0) is 24.3 Å². The fourth-order valence-corrected chi connectivity index (χ4v) is 2.59. The number of nitrogens with zero attached hydrogens (tertiary/aromatic N) is 2. The lowest BCUT2D eigenvalue weighted by Crippen LogP contribution is -2.08. The molecule has 3 rings (SSSR count). The molecule has 0 atom stereocenters. The molecule has 0 unspecified atom stereocenters. The standard InChI is InChI=1S/C16H14N2S.C2H6/c1-18(14-7-3-2-4-8-14)15-9-5-6-13(10-15)16-11-19-12-17-16;1-2/h2-12H,1H3;1-2H3. The Kier molecular flexibility index (Phi) is 5.52. The van der Waals surface area contributed by atoms with Gasteiger partial charge in [-0.15, -0.1) is 11.3 Å². The van der Waals surface area contributed by atoms with Crippen LogP contribution in [0.15, 0.2) is 65.5 Å². The van der Waals surface area contributed by atoms with Gasteiger partial charge in [-0.1, -0.05) is 44.2 Å². The van der Waals surface area contributed by atoms with E-state index in [0.29, 0.717) is 0 Å². The van der Waals surface area contributed by atoms with Crippen LogP contribution in [0.5, 0.6) is 0 Å². The Labute approximate surface area is 130 Å². The van der Waals surface area contributed by atoms with Crippen molar-refractivity contribution in [2.45, 2.75) is 13.8 Å². The van der Waals surface area contributed by atoms with Crippen LogP contribution in [0.1, 0.15) is 13.8 Å². The number of para-hydroxylation sites is 1. The Balaban J connectivity index is 0.000000774. The maximum absolute atomic E-state index is 4.36. The third kappa shape index (κ3) is 3.70. The topological polar surface area (TPSA) is 16.1 Å². The Hall–Kier alpha value is -2.13. The van der Waals surface area contributed by atoms with E-state index in [1.165, 1.54) is 5.69 Å². The first-order valence-corrected chi connectivity index (χ1v) is 8.06. The molecule has 0 fully saturated rings. The molecule has 3 heteroatoms. The van der Waals surface area contributed by atoms with Crippen molar-refractivity contribution in [1.29, 1.82) is 0 Å². The number of hydrogen-bond donors (Lipinski definition) is 0. The van der Waals surface area contributed by atoms with Crippen molar-refractivity contribution in [3.05, 3.63) is 65.5 Å². The summed E-state index contributed by atoms with van der Waals surface area (Å²) in [6.07, 6.45) is 0. The van der Waals surface area contributed by atoms with Crippen LogP contribution in [0.2, 0.25) is 0 Å². The second kappa shape index (κ2) is 7.60. The lowest BCUT2D eigenvalue weighted by Gasteiger charge is -2.19. The van der Waals surface area contributed by atoms with Crippen molar-refractivity contribution >= 4 is 22.7 Å². The summed E-state index contributed by atoms with van der Waals surface area (Å²) in [6.45, 7) is 4.00. The van der Waals surface area contributed by atoms with Gasteiger partial charge in [0.25, 0.3) is 0 Å². The Morgan fingerprint density at radius 3 is 2.29 bits per heavy atom. The van der Waals surface area contributed by atoms with Crippen LogP contribution < -0.4 is 4.90 Å². The maximum atomic E-state index is 4.36. The van der Waals surface area contributed by atoms with Crippen LogP contribution in [0.25, 0.3) is 11.3 Å². The van der Waals surface area contributed by atoms with Crippen LogP contribution in [0.4, 0.5) is 11.4 Å². The molecule has 0 bridgehead atoms. The highest BCUT2D eigenvalue weighted by molar-refractivity contribution is 7.07. The van der Waals surface area contributed by atoms with Gasteiger partial charge in [0.2, 0.25) is 0 Å². The molecule has 0 aliphatic heterocycles. The minimum absolute atomic E-state index is 1.04. The molecule has 2 aromatic carbocycles. The van der Waals surface area contributed by atoms with Crippen molar-refractivity contribution in [2.24, 2.45) is 0 Å². The highest BCUT2D eigenvalue weighted by Crippen LogP contribution is 2.28. The molecule has 0 saturated carbocycles. The molecular formula is C18H20N2S. The Bertz CT molecular complexity index is 648. The SMILES string of the molecule is CC.CN(c1ccccc1)c1cccc(-c2cscn2)c1. The van der Waals surface area contributed by atoms with E-state index in [1.807, 2.05) is 25.4 Å². The van der Waals surface area contributed by atoms with E-state index in [9.17, 15) is 0 Å². The zero-order valence-electron chi connectivity index (χ0n) is 12.7. The molecule has 108 valence electrons. The van der Waals surface area contributed by atoms with E-state index in [0.717, 1.165) is 16.9 Å². The summed E-state index contributed by atoms with van der Waals surface area (Å²) in [7, 11) is 2.08. The predicted octanol–water partition coefficient (Wildman–Crippen LogP) is 5.60. The molecule has 0 N–H and O–H groups in total. The Morgan fingerprint density at radius 1 is 0.905 bits per heavy atom. The number of benzene rings is 2. The third-order valence-corrected chi connectivity index (χ3v) is 3.69. The number of aromatic nitrogens is 1. The summed E-state index contributed by atoms with van der Waals surface area (Å²) < 4.78 is 0. The predicted molar refractivity (Wildman–Crippen MR) is 93.4 cm³/mol. The summed E-state index contributed by atoms with van der Waals surface area (Å²) in [5.41, 5.74) is 6.40. The fraction of sp³-hybridized carbons (Fsp3) is 0.167. The van der Waals surface area contributed by atoms with E-state index in [2.05, 4.69) is 70.8 Å². The van der Waals surface area contributed by atoms with Gasteiger partial charge < -0.3 is 4.90 Å². The van der Waals surface area contributed by atoms with Crippen molar-refractivity contribution in [3.63, 3.8) is 0 Å². The van der Waals surface area contributed by atoms with Crippen LogP contribution in [0, 0.1) is 0 Å². The lowest BCUT2D eigenvalue weighted by atomic mass is 10.1. The van der Waals surface area contributed by atoms with Gasteiger partial charge in [-0.3, -0.25) is 0 Å². The van der Waals surface area contributed by atoms with Gasteiger partial charge in [0, 0.05) is 29.4 Å². The highest BCUT2D eigenvalue weighted by atomic mass is 32.1. The average molecular weight is 296 g/mol. The summed E-state index contributed by atoms with van der Waals surface area (Å²) in [6, 6.07) is 18.8. The van der Waals surface area contributed by atoms with Gasteiger partial charge in [0.15, 0.2) is 0 Å². The number of rotatable bonds is 3. The van der Waals surface area contributed by atoms with Gasteiger partial charge in [0.1, 0.15) is 0 Å². The average Bonchev–Trinajstić information content (AvgIpc) is 3.11. The molecular weight excluding hydrogens is 276 g/mol. The van der Waals surface area contributed by atoms with E-state index < -0.39 is 0 Å². The zero-order chi connectivity index (χ0) is 15.1. The van der Waals surface area contributed by atoms with E-state index in [1.54, 1.807) is 11.3 Å². The molecule has 1 aromatic heterocycles. The number of hydrogen-bond acceptors (Lipinski definition) is 3. The molecule has 0 aliphatic carbocycles. The smallest absolute Gasteiger partial charge is 0.0811 e. The molecule has 0 radical (unpaired) electrons. The summed E-state index contributed by atoms with van der Waals surface area (Å²) in [5.74, 6) is 0. The van der Waals surface area contributed by atoms with E-state index in [-0.39, 0.29) is 0 Å². The second-order valence-electron chi connectivity index (χ2n) is 4.32. The molecule has 21 heavy (non-hydrogen) atoms. The summed E-state index contributed by atoms with van der Waals surface area (Å²) in [5, 5.41) is 2.07. The third-order valence-electron chi connectivity index (χ3n) is 3.11. The molecule has 0 saturated heterocycles. The van der Waals surface area contributed by atoms with Gasteiger partial charge in [-0.25, -0.2) is 4.98 Å². The molecule has 0 aliphatic rings. The molecule has 0 amide bonds. The van der Waals surface area contributed by atoms with Crippen molar-refractivity contribution in [2.75, 3.05) is 11.9 Å². The van der Waals surface area contributed by atoms with Gasteiger partial charge >= 0.3 is 0 Å². The van der Waals surface area contributed by atoms with Crippen LogP contribution in [-0.2, 0) is 0 Å². The largest absolute Gasteiger partial charge is 0.345 e. The van der Waals surface area contributed by atoms with Crippen LogP contribution >= 0.6 is 11.3 Å². The summed E-state index contributed by atoms with van der Waals surface area (Å²) in [4.78, 5) is 6.54. The Morgan fingerprint density at radius 2 is 1.62 bits per heavy atom. The van der Waals surface area contributed by atoms with Gasteiger partial charge in [0.05, 0.1) is 11.2 Å². The normalized spacial score (nSPS) is 9.67. The second-order valence-corrected chi connectivity index (χ2v) is 5.04. The van der Waals surface area contributed by atoms with Crippen molar-refractivity contribution in [3.8, 4) is 11.3 Å². The van der Waals surface area contributed by atoms with Crippen molar-refractivity contribution < 1.29 is 0 Å². The molecule has 3 aromatic rings. The fourth-order valence-electron chi connectivity index (χ4n) is 2.03. The quantitative estimate of drug-likeness (QED) is 0.625. The molecule has 2 nitrogen and oxygen atoms in total.